The Bertz CT molecular complexity index is 1250. The first-order valence-corrected chi connectivity index (χ1v) is 11.1. The van der Waals surface area contributed by atoms with Gasteiger partial charge in [-0.25, -0.2) is 0 Å². The second kappa shape index (κ2) is 8.40. The van der Waals surface area contributed by atoms with Crippen molar-refractivity contribution in [2.45, 2.75) is 32.5 Å². The second-order valence-corrected chi connectivity index (χ2v) is 8.60. The van der Waals surface area contributed by atoms with Crippen LogP contribution >= 0.6 is 0 Å². The van der Waals surface area contributed by atoms with E-state index < -0.39 is 5.54 Å². The van der Waals surface area contributed by atoms with Crippen LogP contribution in [0.15, 0.2) is 48.5 Å². The number of carbonyl (C=O) groups is 2. The molecule has 0 spiro atoms. The van der Waals surface area contributed by atoms with Crippen LogP contribution in [0.5, 0.6) is 17.2 Å². The number of hydrogen-bond donors (Lipinski definition) is 1. The molecular weight excluding hydrogens is 436 g/mol. The van der Waals surface area contributed by atoms with Crippen molar-refractivity contribution in [1.29, 1.82) is 0 Å². The van der Waals surface area contributed by atoms with Crippen LogP contribution in [0.2, 0.25) is 0 Å². The van der Waals surface area contributed by atoms with Crippen molar-refractivity contribution in [2.24, 2.45) is 0 Å². The molecule has 0 fully saturated rings. The van der Waals surface area contributed by atoms with Gasteiger partial charge in [0.2, 0.25) is 5.91 Å². The lowest BCUT2D eigenvalue weighted by Gasteiger charge is -2.43. The molecule has 176 valence electrons. The van der Waals surface area contributed by atoms with Crippen LogP contribution < -0.4 is 24.4 Å². The first-order chi connectivity index (χ1) is 16.4. The second-order valence-electron chi connectivity index (χ2n) is 8.60. The van der Waals surface area contributed by atoms with Gasteiger partial charge in [0.05, 0.1) is 19.3 Å². The molecular formula is C25H26N4O5. The van der Waals surface area contributed by atoms with Gasteiger partial charge in [0.1, 0.15) is 30.2 Å². The fourth-order valence-electron chi connectivity index (χ4n) is 4.40. The molecule has 0 unspecified atom stereocenters. The third-order valence-electron chi connectivity index (χ3n) is 6.16. The molecule has 0 bridgehead atoms. The Morgan fingerprint density at radius 2 is 1.85 bits per heavy atom. The number of rotatable bonds is 5. The van der Waals surface area contributed by atoms with Gasteiger partial charge in [0.15, 0.2) is 11.5 Å². The SMILES string of the molecule is COc1ccc(CNC(=O)[C@@]2(C)Cn3nc(C)cc3C(=O)N2c2ccc3c(c2)OCCO3)cc1. The number of hydrogen-bond acceptors (Lipinski definition) is 6. The molecule has 0 radical (unpaired) electrons. The highest BCUT2D eigenvalue weighted by Crippen LogP contribution is 2.39. The Morgan fingerprint density at radius 1 is 1.12 bits per heavy atom. The average Bonchev–Trinajstić information content (AvgIpc) is 3.22. The summed E-state index contributed by atoms with van der Waals surface area (Å²) < 4.78 is 18.2. The summed E-state index contributed by atoms with van der Waals surface area (Å²) in [5, 5.41) is 7.44. The van der Waals surface area contributed by atoms with Crippen molar-refractivity contribution in [2.75, 3.05) is 25.2 Å². The first kappa shape index (κ1) is 21.8. The highest BCUT2D eigenvalue weighted by Gasteiger charge is 2.49. The summed E-state index contributed by atoms with van der Waals surface area (Å²) in [5.74, 6) is 1.32. The summed E-state index contributed by atoms with van der Waals surface area (Å²) in [7, 11) is 1.61. The third kappa shape index (κ3) is 3.72. The summed E-state index contributed by atoms with van der Waals surface area (Å²) in [6.45, 7) is 5.01. The standard InChI is InChI=1S/C25H26N4O5/c1-16-12-20-23(30)29(18-6-9-21-22(13-18)34-11-10-33-21)25(2,15-28(20)27-16)24(31)26-14-17-4-7-19(32-3)8-5-17/h4-9,12-13H,10-11,14-15H2,1-3H3,(H,26,31)/t25-/m1/s1. The lowest BCUT2D eigenvalue weighted by molar-refractivity contribution is -0.126. The lowest BCUT2D eigenvalue weighted by Crippen LogP contribution is -2.64. The van der Waals surface area contributed by atoms with E-state index in [0.717, 1.165) is 11.3 Å². The Kier molecular flexibility index (Phi) is 5.39. The largest absolute Gasteiger partial charge is 0.497 e. The van der Waals surface area contributed by atoms with Crippen LogP contribution in [-0.4, -0.2) is 47.5 Å². The molecule has 2 aromatic carbocycles. The molecule has 9 heteroatoms. The number of carbonyl (C=O) groups excluding carboxylic acids is 2. The van der Waals surface area contributed by atoms with E-state index in [1.807, 2.05) is 31.2 Å². The highest BCUT2D eigenvalue weighted by atomic mass is 16.6. The zero-order valence-corrected chi connectivity index (χ0v) is 19.3. The van der Waals surface area contributed by atoms with Gasteiger partial charge in [0, 0.05) is 18.3 Å². The summed E-state index contributed by atoms with van der Waals surface area (Å²) in [6.07, 6.45) is 0. The van der Waals surface area contributed by atoms with Crippen LogP contribution in [0.1, 0.15) is 28.7 Å². The lowest BCUT2D eigenvalue weighted by atomic mass is 9.93. The van der Waals surface area contributed by atoms with E-state index in [0.29, 0.717) is 48.3 Å². The maximum Gasteiger partial charge on any atom is 0.277 e. The molecule has 34 heavy (non-hydrogen) atoms. The number of aromatic nitrogens is 2. The van der Waals surface area contributed by atoms with Gasteiger partial charge in [-0.15, -0.1) is 0 Å². The molecule has 1 atom stereocenters. The minimum Gasteiger partial charge on any atom is -0.497 e. The van der Waals surface area contributed by atoms with Crippen molar-refractivity contribution in [1.82, 2.24) is 15.1 Å². The molecule has 0 saturated heterocycles. The molecule has 1 N–H and O–H groups in total. The number of methoxy groups -OCH3 is 1. The molecule has 3 aromatic rings. The van der Waals surface area contributed by atoms with Crippen molar-refractivity contribution < 1.29 is 23.8 Å². The topological polar surface area (TPSA) is 94.9 Å². The Morgan fingerprint density at radius 3 is 2.59 bits per heavy atom. The number of fused-ring (bicyclic) bond motifs is 2. The van der Waals surface area contributed by atoms with Crippen molar-refractivity contribution in [3.8, 4) is 17.2 Å². The Labute approximate surface area is 197 Å². The monoisotopic (exact) mass is 462 g/mol. The number of nitrogens with zero attached hydrogens (tertiary/aromatic N) is 3. The molecule has 0 saturated carbocycles. The maximum atomic E-state index is 13.7. The van der Waals surface area contributed by atoms with Gasteiger partial charge in [-0.05, 0) is 49.7 Å². The number of anilines is 1. The normalized spacial score (nSPS) is 18.9. The van der Waals surface area contributed by atoms with E-state index in [2.05, 4.69) is 10.4 Å². The molecule has 2 aliphatic heterocycles. The van der Waals surface area contributed by atoms with Crippen molar-refractivity contribution >= 4 is 17.5 Å². The van der Waals surface area contributed by atoms with Crippen molar-refractivity contribution in [3.63, 3.8) is 0 Å². The molecule has 2 aliphatic rings. The van der Waals surface area contributed by atoms with Crippen LogP contribution in [0.4, 0.5) is 5.69 Å². The minimum absolute atomic E-state index is 0.213. The van der Waals surface area contributed by atoms with Crippen LogP contribution in [0, 0.1) is 6.92 Å². The van der Waals surface area contributed by atoms with Gasteiger partial charge in [-0.2, -0.15) is 5.10 Å². The highest BCUT2D eigenvalue weighted by molar-refractivity contribution is 6.12. The Hall–Kier alpha value is -4.01. The Balaban J connectivity index is 1.49. The smallest absolute Gasteiger partial charge is 0.277 e. The van der Waals surface area contributed by atoms with Gasteiger partial charge < -0.3 is 19.5 Å². The molecule has 5 rings (SSSR count). The van der Waals surface area contributed by atoms with Crippen molar-refractivity contribution in [3.05, 3.63) is 65.5 Å². The molecule has 1 aromatic heterocycles. The predicted molar refractivity (Wildman–Crippen MR) is 124 cm³/mol. The zero-order chi connectivity index (χ0) is 23.9. The fourth-order valence-corrected chi connectivity index (χ4v) is 4.40. The van der Waals surface area contributed by atoms with Crippen LogP contribution in [-0.2, 0) is 17.9 Å². The number of ether oxygens (including phenoxy) is 3. The van der Waals surface area contributed by atoms with E-state index >= 15 is 0 Å². The number of amides is 2. The fraction of sp³-hybridized carbons (Fsp3) is 0.320. The molecule has 3 heterocycles. The number of benzene rings is 2. The van der Waals surface area contributed by atoms with Gasteiger partial charge >= 0.3 is 0 Å². The zero-order valence-electron chi connectivity index (χ0n) is 19.3. The summed E-state index contributed by atoms with van der Waals surface area (Å²) in [6, 6.07) is 14.5. The quantitative estimate of drug-likeness (QED) is 0.627. The van der Waals surface area contributed by atoms with E-state index in [4.69, 9.17) is 14.2 Å². The first-order valence-electron chi connectivity index (χ1n) is 11.1. The van der Waals surface area contributed by atoms with E-state index in [9.17, 15) is 9.59 Å². The number of aryl methyl sites for hydroxylation is 1. The van der Waals surface area contributed by atoms with Crippen LogP contribution in [0.3, 0.4) is 0 Å². The predicted octanol–water partition coefficient (Wildman–Crippen LogP) is 2.71. The van der Waals surface area contributed by atoms with E-state index in [1.54, 1.807) is 43.0 Å². The maximum absolute atomic E-state index is 13.7. The minimum atomic E-state index is -1.22. The molecule has 9 nitrogen and oxygen atoms in total. The van der Waals surface area contributed by atoms with Gasteiger partial charge in [0.25, 0.3) is 5.91 Å². The molecule has 0 aliphatic carbocycles. The van der Waals surface area contributed by atoms with Gasteiger partial charge in [-0.3, -0.25) is 19.2 Å². The van der Waals surface area contributed by atoms with E-state index in [1.165, 1.54) is 4.90 Å². The third-order valence-corrected chi connectivity index (χ3v) is 6.16. The summed E-state index contributed by atoms with van der Waals surface area (Å²) in [4.78, 5) is 28.8. The van der Waals surface area contributed by atoms with Crippen LogP contribution in [0.25, 0.3) is 0 Å². The number of nitrogens with one attached hydrogen (secondary N) is 1. The summed E-state index contributed by atoms with van der Waals surface area (Å²) >= 11 is 0. The van der Waals surface area contributed by atoms with Gasteiger partial charge in [-0.1, -0.05) is 12.1 Å². The molecule has 2 amide bonds. The van der Waals surface area contributed by atoms with E-state index in [-0.39, 0.29) is 18.4 Å². The average molecular weight is 463 g/mol. The summed E-state index contributed by atoms with van der Waals surface area (Å²) in [5.41, 5.74) is 1.41.